The molecule has 0 saturated carbocycles. The van der Waals surface area contributed by atoms with Crippen molar-refractivity contribution in [3.63, 3.8) is 0 Å². The van der Waals surface area contributed by atoms with Gasteiger partial charge >= 0.3 is 0 Å². The first-order valence-electron chi connectivity index (χ1n) is 6.77. The van der Waals surface area contributed by atoms with Crippen LogP contribution in [0.4, 0.5) is 0 Å². The van der Waals surface area contributed by atoms with Crippen LogP contribution in [0.15, 0.2) is 30.3 Å². The van der Waals surface area contributed by atoms with E-state index in [0.29, 0.717) is 5.88 Å². The number of alkyl halides is 1. The predicted octanol–water partition coefficient (Wildman–Crippen LogP) is 4.67. The third-order valence-corrected chi connectivity index (χ3v) is 4.73. The normalized spacial score (nSPS) is 13.4. The fraction of sp³-hybridized carbons (Fsp3) is 0.438. The summed E-state index contributed by atoms with van der Waals surface area (Å²) < 4.78 is 1.14. The summed E-state index contributed by atoms with van der Waals surface area (Å²) in [4.78, 5) is 13.2. The maximum absolute atomic E-state index is 12.4. The zero-order valence-electron chi connectivity index (χ0n) is 12.1. The number of halogens is 1. The second-order valence-corrected chi connectivity index (χ2v) is 7.48. The molecule has 1 heterocycles. The van der Waals surface area contributed by atoms with Gasteiger partial charge in [0.2, 0.25) is 0 Å². The number of benzene rings is 1. The second-order valence-electron chi connectivity index (χ2n) is 6.02. The van der Waals surface area contributed by atoms with E-state index in [1.165, 1.54) is 11.3 Å². The van der Waals surface area contributed by atoms with Gasteiger partial charge in [0.15, 0.2) is 0 Å². The molecule has 0 bridgehead atoms. The fourth-order valence-corrected chi connectivity index (χ4v) is 3.34. The first-order valence-corrected chi connectivity index (χ1v) is 8.12. The lowest BCUT2D eigenvalue weighted by atomic mass is 9.85. The summed E-state index contributed by atoms with van der Waals surface area (Å²) in [7, 11) is 0. The Morgan fingerprint density at radius 1 is 1.35 bits per heavy atom. The molecular formula is C16H20ClNOS. The van der Waals surface area contributed by atoms with Gasteiger partial charge in [-0.3, -0.25) is 4.79 Å². The van der Waals surface area contributed by atoms with Crippen molar-refractivity contribution < 1.29 is 4.79 Å². The van der Waals surface area contributed by atoms with Crippen LogP contribution < -0.4 is 5.32 Å². The summed E-state index contributed by atoms with van der Waals surface area (Å²) in [6.45, 7) is 6.36. The van der Waals surface area contributed by atoms with Crippen LogP contribution in [0, 0.1) is 5.41 Å². The largest absolute Gasteiger partial charge is 0.348 e. The standard InChI is InChI=1S/C16H20ClNOS/c1-16(2,3)14(8-9-17)18-15(19)13-10-11-6-4-5-7-12(11)20-13/h4-7,10,14H,8-9H2,1-3H3,(H,18,19). The predicted molar refractivity (Wildman–Crippen MR) is 87.9 cm³/mol. The van der Waals surface area contributed by atoms with Crippen molar-refractivity contribution in [3.8, 4) is 0 Å². The maximum atomic E-state index is 12.4. The van der Waals surface area contributed by atoms with Gasteiger partial charge in [-0.25, -0.2) is 0 Å². The maximum Gasteiger partial charge on any atom is 0.261 e. The van der Waals surface area contributed by atoms with Crippen molar-refractivity contribution in [3.05, 3.63) is 35.2 Å². The van der Waals surface area contributed by atoms with Crippen molar-refractivity contribution in [2.45, 2.75) is 33.2 Å². The van der Waals surface area contributed by atoms with Gasteiger partial charge < -0.3 is 5.32 Å². The number of hydrogen-bond donors (Lipinski definition) is 1. The summed E-state index contributed by atoms with van der Waals surface area (Å²) >= 11 is 7.38. The molecule has 20 heavy (non-hydrogen) atoms. The molecular weight excluding hydrogens is 290 g/mol. The molecule has 4 heteroatoms. The quantitative estimate of drug-likeness (QED) is 0.817. The number of nitrogens with one attached hydrogen (secondary N) is 1. The molecule has 1 atom stereocenters. The number of thiophene rings is 1. The van der Waals surface area contributed by atoms with E-state index in [1.54, 1.807) is 0 Å². The Labute approximate surface area is 129 Å². The minimum atomic E-state index is -0.00348. The molecule has 2 nitrogen and oxygen atoms in total. The summed E-state index contributed by atoms with van der Waals surface area (Å²) in [5.41, 5.74) is 0.00122. The zero-order chi connectivity index (χ0) is 14.8. The number of carbonyl (C=O) groups is 1. The van der Waals surface area contributed by atoms with Gasteiger partial charge in [0.1, 0.15) is 0 Å². The molecule has 1 amide bonds. The van der Waals surface area contributed by atoms with E-state index in [4.69, 9.17) is 11.6 Å². The number of carbonyl (C=O) groups excluding carboxylic acids is 1. The van der Waals surface area contributed by atoms with Crippen molar-refractivity contribution in [1.29, 1.82) is 0 Å². The first kappa shape index (κ1) is 15.3. The van der Waals surface area contributed by atoms with Gasteiger partial charge in [-0.05, 0) is 29.4 Å². The summed E-state index contributed by atoms with van der Waals surface area (Å²) in [5.74, 6) is 0.547. The third kappa shape index (κ3) is 3.53. The van der Waals surface area contributed by atoms with Crippen LogP contribution in [-0.4, -0.2) is 17.8 Å². The molecule has 1 unspecified atom stereocenters. The molecule has 0 fully saturated rings. The van der Waals surface area contributed by atoms with Crippen LogP contribution in [0.2, 0.25) is 0 Å². The highest BCUT2D eigenvalue weighted by Crippen LogP contribution is 2.27. The van der Waals surface area contributed by atoms with Crippen LogP contribution in [0.3, 0.4) is 0 Å². The van der Waals surface area contributed by atoms with E-state index in [0.717, 1.165) is 21.4 Å². The van der Waals surface area contributed by atoms with Gasteiger partial charge in [-0.2, -0.15) is 0 Å². The topological polar surface area (TPSA) is 29.1 Å². The molecule has 0 aliphatic carbocycles. The molecule has 1 N–H and O–H groups in total. The van der Waals surface area contributed by atoms with Crippen LogP contribution in [-0.2, 0) is 0 Å². The molecule has 108 valence electrons. The molecule has 2 aromatic rings. The number of fused-ring (bicyclic) bond motifs is 1. The van der Waals surface area contributed by atoms with E-state index >= 15 is 0 Å². The van der Waals surface area contributed by atoms with Crippen LogP contribution in [0.1, 0.15) is 36.9 Å². The molecule has 0 aliphatic heterocycles. The Morgan fingerprint density at radius 2 is 2.05 bits per heavy atom. The fourth-order valence-electron chi connectivity index (χ4n) is 2.15. The Bertz CT molecular complexity index is 567. The Balaban J connectivity index is 2.18. The van der Waals surface area contributed by atoms with Crippen molar-refractivity contribution >= 4 is 38.9 Å². The highest BCUT2D eigenvalue weighted by molar-refractivity contribution is 7.20. The molecule has 2 rings (SSSR count). The summed E-state index contributed by atoms with van der Waals surface area (Å²) in [6, 6.07) is 10.1. The molecule has 0 radical (unpaired) electrons. The molecule has 0 aliphatic rings. The summed E-state index contributed by atoms with van der Waals surface area (Å²) in [6.07, 6.45) is 0.779. The molecule has 1 aromatic heterocycles. The van der Waals surface area contributed by atoms with E-state index in [2.05, 4.69) is 26.1 Å². The van der Waals surface area contributed by atoms with Crippen molar-refractivity contribution in [2.24, 2.45) is 5.41 Å². The number of amides is 1. The molecule has 1 aromatic carbocycles. The number of hydrogen-bond acceptors (Lipinski definition) is 2. The highest BCUT2D eigenvalue weighted by Gasteiger charge is 2.26. The average Bonchev–Trinajstić information content (AvgIpc) is 2.80. The lowest BCUT2D eigenvalue weighted by Gasteiger charge is -2.30. The lowest BCUT2D eigenvalue weighted by Crippen LogP contribution is -2.43. The minimum Gasteiger partial charge on any atom is -0.348 e. The number of rotatable bonds is 4. The van der Waals surface area contributed by atoms with Gasteiger partial charge in [-0.15, -0.1) is 22.9 Å². The smallest absolute Gasteiger partial charge is 0.261 e. The molecule has 0 spiro atoms. The van der Waals surface area contributed by atoms with Gasteiger partial charge in [0.25, 0.3) is 5.91 Å². The highest BCUT2D eigenvalue weighted by atomic mass is 35.5. The van der Waals surface area contributed by atoms with Gasteiger partial charge in [0, 0.05) is 16.6 Å². The minimum absolute atomic E-state index is 0.00122. The monoisotopic (exact) mass is 309 g/mol. The van der Waals surface area contributed by atoms with Crippen LogP contribution in [0.5, 0.6) is 0 Å². The van der Waals surface area contributed by atoms with Crippen LogP contribution >= 0.6 is 22.9 Å². The Kier molecular flexibility index (Phi) is 4.71. The van der Waals surface area contributed by atoms with Crippen molar-refractivity contribution in [1.82, 2.24) is 5.32 Å². The van der Waals surface area contributed by atoms with Gasteiger partial charge in [0.05, 0.1) is 4.88 Å². The SMILES string of the molecule is CC(C)(C)C(CCCl)NC(=O)c1cc2ccccc2s1. The summed E-state index contributed by atoms with van der Waals surface area (Å²) in [5, 5.41) is 4.24. The van der Waals surface area contributed by atoms with Gasteiger partial charge in [-0.1, -0.05) is 39.0 Å². The zero-order valence-corrected chi connectivity index (χ0v) is 13.6. The first-order chi connectivity index (χ1) is 9.41. The van der Waals surface area contributed by atoms with Crippen molar-refractivity contribution in [2.75, 3.05) is 5.88 Å². The van der Waals surface area contributed by atoms with E-state index in [-0.39, 0.29) is 17.4 Å². The molecule has 0 saturated heterocycles. The average molecular weight is 310 g/mol. The van der Waals surface area contributed by atoms with E-state index in [9.17, 15) is 4.79 Å². The Morgan fingerprint density at radius 3 is 2.65 bits per heavy atom. The Hall–Kier alpha value is -1.06. The van der Waals surface area contributed by atoms with Crippen LogP contribution in [0.25, 0.3) is 10.1 Å². The second kappa shape index (κ2) is 6.15. The van der Waals surface area contributed by atoms with E-state index in [1.807, 2.05) is 30.3 Å². The van der Waals surface area contributed by atoms with E-state index < -0.39 is 0 Å². The lowest BCUT2D eigenvalue weighted by molar-refractivity contribution is 0.0904. The third-order valence-electron chi connectivity index (χ3n) is 3.40.